The van der Waals surface area contributed by atoms with E-state index in [4.69, 9.17) is 0 Å². The van der Waals surface area contributed by atoms with Gasteiger partial charge in [-0.25, -0.2) is 0 Å². The van der Waals surface area contributed by atoms with Crippen LogP contribution in [0.2, 0.25) is 0 Å². The summed E-state index contributed by atoms with van der Waals surface area (Å²) in [6.07, 6.45) is 8.30. The summed E-state index contributed by atoms with van der Waals surface area (Å²) in [5, 5.41) is 0. The zero-order valence-corrected chi connectivity index (χ0v) is 9.98. The van der Waals surface area contributed by atoms with Crippen LogP contribution in [0.4, 0.5) is 0 Å². The van der Waals surface area contributed by atoms with Crippen molar-refractivity contribution in [3.05, 3.63) is 35.5 Å². The van der Waals surface area contributed by atoms with Gasteiger partial charge in [-0.3, -0.25) is 0 Å². The fraction of sp³-hybridized carbons (Fsp3) is 0.571. The summed E-state index contributed by atoms with van der Waals surface area (Å²) in [6, 6.07) is 0. The Morgan fingerprint density at radius 1 is 1.43 bits per heavy atom. The normalized spacial score (nSPS) is 21.7. The van der Waals surface area contributed by atoms with Gasteiger partial charge < -0.3 is 0 Å². The Labute approximate surface area is 88.4 Å². The van der Waals surface area contributed by atoms with Gasteiger partial charge in [0.25, 0.3) is 0 Å². The van der Waals surface area contributed by atoms with Crippen LogP contribution < -0.4 is 0 Å². The van der Waals surface area contributed by atoms with Crippen LogP contribution in [0, 0.1) is 5.41 Å². The quantitative estimate of drug-likeness (QED) is 0.556. The third-order valence-corrected chi connectivity index (χ3v) is 3.08. The molecule has 0 nitrogen and oxygen atoms in total. The molecule has 0 N–H and O–H groups in total. The summed E-state index contributed by atoms with van der Waals surface area (Å²) in [7, 11) is 0. The van der Waals surface area contributed by atoms with Crippen molar-refractivity contribution in [1.29, 1.82) is 0 Å². The van der Waals surface area contributed by atoms with Gasteiger partial charge in [0.1, 0.15) is 0 Å². The number of hydrogen-bond donors (Lipinski definition) is 0. The molecule has 0 saturated heterocycles. The van der Waals surface area contributed by atoms with Crippen LogP contribution >= 0.6 is 0 Å². The fourth-order valence-corrected chi connectivity index (χ4v) is 2.24. The summed E-state index contributed by atoms with van der Waals surface area (Å²) in [5.74, 6) is 0. The molecule has 0 atom stereocenters. The Bertz CT molecular complexity index is 287. The highest BCUT2D eigenvalue weighted by Gasteiger charge is 2.26. The predicted molar refractivity (Wildman–Crippen MR) is 64.3 cm³/mol. The predicted octanol–water partition coefficient (Wildman–Crippen LogP) is 4.65. The molecule has 0 aromatic rings. The molecule has 0 aliphatic heterocycles. The summed E-state index contributed by atoms with van der Waals surface area (Å²) in [4.78, 5) is 0. The monoisotopic (exact) mass is 190 g/mol. The van der Waals surface area contributed by atoms with Crippen LogP contribution in [0.15, 0.2) is 35.5 Å². The van der Waals surface area contributed by atoms with Crippen molar-refractivity contribution in [1.82, 2.24) is 0 Å². The van der Waals surface area contributed by atoms with Crippen LogP contribution in [0.3, 0.4) is 0 Å². The molecule has 0 heteroatoms. The van der Waals surface area contributed by atoms with Crippen molar-refractivity contribution in [3.63, 3.8) is 0 Å². The minimum absolute atomic E-state index is 0.355. The Balaban J connectivity index is 2.96. The van der Waals surface area contributed by atoms with E-state index in [9.17, 15) is 0 Å². The molecule has 0 radical (unpaired) electrons. The standard InChI is InChI=1S/C14H22/c1-11(2)8-9-13-12(3)7-6-10-14(13,4)5/h8-9H,1,6-7,10H2,2-5H3. The van der Waals surface area contributed by atoms with Crippen molar-refractivity contribution in [3.8, 4) is 0 Å². The minimum atomic E-state index is 0.355. The SMILES string of the molecule is C=C(C)C=CC1=C(C)CCCC1(C)C. The van der Waals surface area contributed by atoms with E-state index in [1.165, 1.54) is 24.8 Å². The van der Waals surface area contributed by atoms with Crippen molar-refractivity contribution >= 4 is 0 Å². The van der Waals surface area contributed by atoms with Gasteiger partial charge >= 0.3 is 0 Å². The van der Waals surface area contributed by atoms with E-state index in [2.05, 4.69) is 39.5 Å². The molecule has 0 saturated carbocycles. The summed E-state index contributed by atoms with van der Waals surface area (Å²) in [6.45, 7) is 12.9. The Morgan fingerprint density at radius 2 is 2.07 bits per heavy atom. The second-order valence-corrected chi connectivity index (χ2v) is 5.11. The second kappa shape index (κ2) is 4.16. The molecule has 1 rings (SSSR count). The Hall–Kier alpha value is -0.780. The lowest BCUT2D eigenvalue weighted by Crippen LogP contribution is -2.19. The van der Waals surface area contributed by atoms with Crippen LogP contribution in [-0.2, 0) is 0 Å². The van der Waals surface area contributed by atoms with Crippen molar-refractivity contribution < 1.29 is 0 Å². The van der Waals surface area contributed by atoms with E-state index < -0.39 is 0 Å². The molecule has 1 aliphatic carbocycles. The van der Waals surface area contributed by atoms with Crippen LogP contribution in [0.25, 0.3) is 0 Å². The van der Waals surface area contributed by atoms with E-state index >= 15 is 0 Å². The average molecular weight is 190 g/mol. The first-order valence-corrected chi connectivity index (χ1v) is 5.47. The lowest BCUT2D eigenvalue weighted by atomic mass is 9.72. The molecule has 78 valence electrons. The maximum Gasteiger partial charge on any atom is -0.0104 e. The molecule has 0 aromatic carbocycles. The molecule has 0 amide bonds. The first-order chi connectivity index (χ1) is 6.43. The van der Waals surface area contributed by atoms with Gasteiger partial charge in [-0.15, -0.1) is 0 Å². The third-order valence-electron chi connectivity index (χ3n) is 3.08. The molecular weight excluding hydrogens is 168 g/mol. The molecule has 0 heterocycles. The van der Waals surface area contributed by atoms with E-state index in [1.807, 2.05) is 6.92 Å². The molecule has 0 aromatic heterocycles. The van der Waals surface area contributed by atoms with Crippen LogP contribution in [0.1, 0.15) is 47.0 Å². The van der Waals surface area contributed by atoms with Gasteiger partial charge in [-0.2, -0.15) is 0 Å². The smallest absolute Gasteiger partial charge is 0.0104 e. The van der Waals surface area contributed by atoms with E-state index in [1.54, 1.807) is 5.57 Å². The van der Waals surface area contributed by atoms with Gasteiger partial charge in [-0.1, -0.05) is 43.7 Å². The maximum absolute atomic E-state index is 3.90. The van der Waals surface area contributed by atoms with Crippen molar-refractivity contribution in [2.45, 2.75) is 47.0 Å². The zero-order valence-electron chi connectivity index (χ0n) is 9.98. The van der Waals surface area contributed by atoms with Crippen LogP contribution in [-0.4, -0.2) is 0 Å². The third kappa shape index (κ3) is 2.60. The van der Waals surface area contributed by atoms with Gasteiger partial charge in [0, 0.05) is 0 Å². The number of hydrogen-bond acceptors (Lipinski definition) is 0. The molecule has 0 fully saturated rings. The first kappa shape index (κ1) is 11.3. The van der Waals surface area contributed by atoms with Gasteiger partial charge in [-0.05, 0) is 44.1 Å². The van der Waals surface area contributed by atoms with E-state index in [0.717, 1.165) is 5.57 Å². The number of allylic oxidation sites excluding steroid dienone is 5. The molecule has 14 heavy (non-hydrogen) atoms. The lowest BCUT2D eigenvalue weighted by molar-refractivity contribution is 0.377. The highest BCUT2D eigenvalue weighted by atomic mass is 14.3. The Kier molecular flexibility index (Phi) is 3.36. The van der Waals surface area contributed by atoms with E-state index in [-0.39, 0.29) is 0 Å². The van der Waals surface area contributed by atoms with Gasteiger partial charge in [0.15, 0.2) is 0 Å². The Morgan fingerprint density at radius 3 is 2.57 bits per heavy atom. The van der Waals surface area contributed by atoms with Gasteiger partial charge in [0.2, 0.25) is 0 Å². The average Bonchev–Trinajstić information content (AvgIpc) is 2.01. The molecule has 0 bridgehead atoms. The zero-order chi connectivity index (χ0) is 10.8. The van der Waals surface area contributed by atoms with Crippen molar-refractivity contribution in [2.75, 3.05) is 0 Å². The molecule has 0 spiro atoms. The molecule has 0 unspecified atom stereocenters. The summed E-state index contributed by atoms with van der Waals surface area (Å²) >= 11 is 0. The topological polar surface area (TPSA) is 0 Å². The maximum atomic E-state index is 3.90. The van der Waals surface area contributed by atoms with Gasteiger partial charge in [0.05, 0.1) is 0 Å². The first-order valence-electron chi connectivity index (χ1n) is 5.47. The highest BCUT2D eigenvalue weighted by Crippen LogP contribution is 2.40. The summed E-state index contributed by atoms with van der Waals surface area (Å²) < 4.78 is 0. The van der Waals surface area contributed by atoms with Crippen molar-refractivity contribution in [2.24, 2.45) is 5.41 Å². The molecule has 1 aliphatic rings. The largest absolute Gasteiger partial charge is 0.0961 e. The highest BCUT2D eigenvalue weighted by molar-refractivity contribution is 5.35. The minimum Gasteiger partial charge on any atom is -0.0961 e. The van der Waals surface area contributed by atoms with Crippen LogP contribution in [0.5, 0.6) is 0 Å². The second-order valence-electron chi connectivity index (χ2n) is 5.11. The summed E-state index contributed by atoms with van der Waals surface area (Å²) in [5.41, 5.74) is 4.56. The van der Waals surface area contributed by atoms with E-state index in [0.29, 0.717) is 5.41 Å². The lowest BCUT2D eigenvalue weighted by Gasteiger charge is -2.32. The fourth-order valence-electron chi connectivity index (χ4n) is 2.24. The molecular formula is C14H22. The number of rotatable bonds is 2.